The van der Waals surface area contributed by atoms with Gasteiger partial charge < -0.3 is 11.1 Å². The zero-order valence-corrected chi connectivity index (χ0v) is 12.1. The maximum Gasteiger partial charge on any atom is 0.0587 e. The molecule has 0 spiro atoms. The second-order valence-corrected chi connectivity index (χ2v) is 6.29. The summed E-state index contributed by atoms with van der Waals surface area (Å²) in [6.07, 6.45) is 3.87. The molecule has 3 atom stereocenters. The highest BCUT2D eigenvalue weighted by atomic mass is 79.9. The van der Waals surface area contributed by atoms with Crippen LogP contribution in [0.5, 0.6) is 0 Å². The Morgan fingerprint density at radius 1 is 1.29 bits per heavy atom. The average molecular weight is 297 g/mol. The van der Waals surface area contributed by atoms with Gasteiger partial charge in [-0.2, -0.15) is 0 Å². The van der Waals surface area contributed by atoms with E-state index in [1.165, 1.54) is 19.3 Å². The number of hydrogen-bond acceptors (Lipinski definition) is 2. The SMILES string of the molecule is CC1CCC(Nc2cc(Br)ccc2N)C(C)C1. The first-order valence-corrected chi connectivity index (χ1v) is 7.17. The third kappa shape index (κ3) is 3.15. The molecule has 0 aromatic heterocycles. The van der Waals surface area contributed by atoms with Gasteiger partial charge in [0.15, 0.2) is 0 Å². The summed E-state index contributed by atoms with van der Waals surface area (Å²) in [5.41, 5.74) is 7.89. The number of halogens is 1. The number of hydrogen-bond donors (Lipinski definition) is 2. The molecule has 94 valence electrons. The van der Waals surface area contributed by atoms with Crippen molar-refractivity contribution in [3.63, 3.8) is 0 Å². The minimum Gasteiger partial charge on any atom is -0.397 e. The lowest BCUT2D eigenvalue weighted by atomic mass is 9.80. The van der Waals surface area contributed by atoms with Crippen LogP contribution in [-0.4, -0.2) is 6.04 Å². The van der Waals surface area contributed by atoms with Crippen LogP contribution in [0.3, 0.4) is 0 Å². The number of nitrogen functional groups attached to an aromatic ring is 1. The standard InChI is InChI=1S/C14H21BrN2/c1-9-3-6-13(10(2)7-9)17-14-8-11(15)4-5-12(14)16/h4-5,8-10,13,17H,3,6-7,16H2,1-2H3. The molecule has 1 fully saturated rings. The molecule has 2 rings (SSSR count). The highest BCUT2D eigenvalue weighted by molar-refractivity contribution is 9.10. The smallest absolute Gasteiger partial charge is 0.0587 e. The first-order valence-electron chi connectivity index (χ1n) is 6.38. The summed E-state index contributed by atoms with van der Waals surface area (Å²) < 4.78 is 1.08. The minimum atomic E-state index is 0.558. The summed E-state index contributed by atoms with van der Waals surface area (Å²) in [6, 6.07) is 6.55. The number of rotatable bonds is 2. The molecule has 17 heavy (non-hydrogen) atoms. The van der Waals surface area contributed by atoms with Crippen LogP contribution in [0.1, 0.15) is 33.1 Å². The van der Waals surface area contributed by atoms with Gasteiger partial charge >= 0.3 is 0 Å². The van der Waals surface area contributed by atoms with Gasteiger partial charge in [-0.3, -0.25) is 0 Å². The van der Waals surface area contributed by atoms with Gasteiger partial charge in [0.2, 0.25) is 0 Å². The Hall–Kier alpha value is -0.700. The molecule has 0 heterocycles. The molecule has 2 nitrogen and oxygen atoms in total. The highest BCUT2D eigenvalue weighted by Crippen LogP contribution is 2.32. The van der Waals surface area contributed by atoms with Gasteiger partial charge in [0.1, 0.15) is 0 Å². The quantitative estimate of drug-likeness (QED) is 0.800. The molecule has 1 aromatic carbocycles. The van der Waals surface area contributed by atoms with Crippen molar-refractivity contribution in [2.75, 3.05) is 11.1 Å². The van der Waals surface area contributed by atoms with E-state index in [4.69, 9.17) is 5.73 Å². The van der Waals surface area contributed by atoms with E-state index >= 15 is 0 Å². The van der Waals surface area contributed by atoms with E-state index in [9.17, 15) is 0 Å². The van der Waals surface area contributed by atoms with Crippen LogP contribution in [0.15, 0.2) is 22.7 Å². The Labute approximate surface area is 112 Å². The first kappa shape index (κ1) is 12.7. The second kappa shape index (κ2) is 5.30. The lowest BCUT2D eigenvalue weighted by Gasteiger charge is -2.34. The van der Waals surface area contributed by atoms with Crippen molar-refractivity contribution in [1.82, 2.24) is 0 Å². The van der Waals surface area contributed by atoms with Crippen molar-refractivity contribution in [2.24, 2.45) is 11.8 Å². The van der Waals surface area contributed by atoms with Crippen molar-refractivity contribution < 1.29 is 0 Å². The van der Waals surface area contributed by atoms with Crippen molar-refractivity contribution in [1.29, 1.82) is 0 Å². The second-order valence-electron chi connectivity index (χ2n) is 5.38. The van der Waals surface area contributed by atoms with Gasteiger partial charge in [-0.05, 0) is 49.3 Å². The first-order chi connectivity index (χ1) is 8.06. The van der Waals surface area contributed by atoms with Crippen molar-refractivity contribution in [3.8, 4) is 0 Å². The fraction of sp³-hybridized carbons (Fsp3) is 0.571. The third-order valence-corrected chi connectivity index (χ3v) is 4.28. The van der Waals surface area contributed by atoms with Gasteiger partial charge in [-0.25, -0.2) is 0 Å². The zero-order chi connectivity index (χ0) is 12.4. The van der Waals surface area contributed by atoms with Crippen LogP contribution in [0.25, 0.3) is 0 Å². The van der Waals surface area contributed by atoms with Gasteiger partial charge in [0.05, 0.1) is 11.4 Å². The Balaban J connectivity index is 2.07. The molecule has 0 bridgehead atoms. The average Bonchev–Trinajstić information content (AvgIpc) is 2.27. The van der Waals surface area contributed by atoms with Crippen molar-refractivity contribution in [2.45, 2.75) is 39.2 Å². The van der Waals surface area contributed by atoms with Crippen molar-refractivity contribution >= 4 is 27.3 Å². The number of anilines is 2. The van der Waals surface area contributed by atoms with Crippen LogP contribution in [0, 0.1) is 11.8 Å². The van der Waals surface area contributed by atoms with E-state index in [1.807, 2.05) is 12.1 Å². The van der Waals surface area contributed by atoms with E-state index in [0.717, 1.165) is 27.7 Å². The van der Waals surface area contributed by atoms with E-state index in [0.29, 0.717) is 6.04 Å². The summed E-state index contributed by atoms with van der Waals surface area (Å²) in [6.45, 7) is 4.68. The Morgan fingerprint density at radius 3 is 2.76 bits per heavy atom. The van der Waals surface area contributed by atoms with E-state index in [-0.39, 0.29) is 0 Å². The van der Waals surface area contributed by atoms with Gasteiger partial charge in [0.25, 0.3) is 0 Å². The topological polar surface area (TPSA) is 38.0 Å². The van der Waals surface area contributed by atoms with E-state index < -0.39 is 0 Å². The van der Waals surface area contributed by atoms with E-state index in [1.54, 1.807) is 0 Å². The lowest BCUT2D eigenvalue weighted by molar-refractivity contribution is 0.276. The van der Waals surface area contributed by atoms with Gasteiger partial charge in [-0.15, -0.1) is 0 Å². The Bertz CT molecular complexity index is 392. The number of nitrogens with one attached hydrogen (secondary N) is 1. The van der Waals surface area contributed by atoms with E-state index in [2.05, 4.69) is 41.2 Å². The normalized spacial score (nSPS) is 29.0. The largest absolute Gasteiger partial charge is 0.397 e. The molecule has 3 heteroatoms. The predicted octanol–water partition coefficient (Wildman–Crippen LogP) is 4.27. The molecule has 0 saturated heterocycles. The minimum absolute atomic E-state index is 0.558. The van der Waals surface area contributed by atoms with Crippen molar-refractivity contribution in [3.05, 3.63) is 22.7 Å². The molecule has 1 aliphatic carbocycles. The molecule has 1 saturated carbocycles. The molecule has 0 aliphatic heterocycles. The molecule has 1 aromatic rings. The van der Waals surface area contributed by atoms with Gasteiger partial charge in [-0.1, -0.05) is 29.8 Å². The zero-order valence-electron chi connectivity index (χ0n) is 10.5. The van der Waals surface area contributed by atoms with Gasteiger partial charge in [0, 0.05) is 10.5 Å². The highest BCUT2D eigenvalue weighted by Gasteiger charge is 2.25. The summed E-state index contributed by atoms with van der Waals surface area (Å²) >= 11 is 3.49. The lowest BCUT2D eigenvalue weighted by Crippen LogP contribution is -2.33. The Kier molecular flexibility index (Phi) is 3.97. The molecular formula is C14H21BrN2. The summed E-state index contributed by atoms with van der Waals surface area (Å²) in [5, 5.41) is 3.61. The molecule has 3 N–H and O–H groups in total. The predicted molar refractivity (Wildman–Crippen MR) is 78.1 cm³/mol. The Morgan fingerprint density at radius 2 is 2.06 bits per heavy atom. The summed E-state index contributed by atoms with van der Waals surface area (Å²) in [5.74, 6) is 1.58. The summed E-state index contributed by atoms with van der Waals surface area (Å²) in [4.78, 5) is 0. The summed E-state index contributed by atoms with van der Waals surface area (Å²) in [7, 11) is 0. The van der Waals surface area contributed by atoms with Crippen LogP contribution >= 0.6 is 15.9 Å². The van der Waals surface area contributed by atoms with Crippen LogP contribution < -0.4 is 11.1 Å². The maximum atomic E-state index is 6.00. The van der Waals surface area contributed by atoms with Crippen LogP contribution in [0.2, 0.25) is 0 Å². The molecule has 1 aliphatic rings. The number of benzene rings is 1. The third-order valence-electron chi connectivity index (χ3n) is 3.79. The van der Waals surface area contributed by atoms with Crippen LogP contribution in [-0.2, 0) is 0 Å². The molecule has 0 amide bonds. The molecular weight excluding hydrogens is 276 g/mol. The number of nitrogens with two attached hydrogens (primary N) is 1. The molecule has 3 unspecified atom stereocenters. The maximum absolute atomic E-state index is 6.00. The monoisotopic (exact) mass is 296 g/mol. The fourth-order valence-electron chi connectivity index (χ4n) is 2.73. The molecule has 0 radical (unpaired) electrons. The van der Waals surface area contributed by atoms with Crippen LogP contribution in [0.4, 0.5) is 11.4 Å². The fourth-order valence-corrected chi connectivity index (χ4v) is 3.09.